The van der Waals surface area contributed by atoms with Crippen LogP contribution in [0.4, 0.5) is 5.69 Å². The summed E-state index contributed by atoms with van der Waals surface area (Å²) in [5.41, 5.74) is 0.661. The number of anilines is 1. The van der Waals surface area contributed by atoms with Gasteiger partial charge in [0.1, 0.15) is 0 Å². The summed E-state index contributed by atoms with van der Waals surface area (Å²) in [6, 6.07) is 8.31. The zero-order chi connectivity index (χ0) is 18.5. The van der Waals surface area contributed by atoms with Crippen molar-refractivity contribution in [1.29, 1.82) is 0 Å². The molecule has 1 aromatic carbocycles. The molecule has 0 unspecified atom stereocenters. The van der Waals surface area contributed by atoms with Crippen molar-refractivity contribution in [2.24, 2.45) is 0 Å². The van der Waals surface area contributed by atoms with E-state index in [-0.39, 0.29) is 35.6 Å². The highest BCUT2D eigenvalue weighted by atomic mass is 35.5. The van der Waals surface area contributed by atoms with Gasteiger partial charge in [0.25, 0.3) is 5.56 Å². The molecule has 2 aromatic rings. The molecule has 1 aromatic heterocycles. The quantitative estimate of drug-likeness (QED) is 0.493. The summed E-state index contributed by atoms with van der Waals surface area (Å²) in [6.45, 7) is 0. The monoisotopic (exact) mass is 392 g/mol. The molecular weight excluding hydrogens is 376 g/mol. The fourth-order valence-electron chi connectivity index (χ4n) is 2.18. The number of carbonyl (C=O) groups is 2. The number of nitrogens with one attached hydrogen (secondary N) is 3. The maximum absolute atomic E-state index is 12.0. The molecule has 1 saturated carbocycles. The smallest absolute Gasteiger partial charge is 0.251 e. The number of hydrogen-bond donors (Lipinski definition) is 3. The zero-order valence-corrected chi connectivity index (χ0v) is 15.3. The number of aromatic nitrogens is 2. The summed E-state index contributed by atoms with van der Waals surface area (Å²) >= 11 is 6.90. The van der Waals surface area contributed by atoms with Crippen LogP contribution in [0, 0.1) is 0 Å². The molecule has 26 heavy (non-hydrogen) atoms. The van der Waals surface area contributed by atoms with Gasteiger partial charge in [0.15, 0.2) is 5.16 Å². The van der Waals surface area contributed by atoms with Crippen molar-refractivity contribution in [1.82, 2.24) is 15.3 Å². The lowest BCUT2D eigenvalue weighted by Crippen LogP contribution is -2.28. The van der Waals surface area contributed by atoms with E-state index < -0.39 is 0 Å². The van der Waals surface area contributed by atoms with Gasteiger partial charge < -0.3 is 15.6 Å². The van der Waals surface area contributed by atoms with Gasteiger partial charge in [-0.2, -0.15) is 0 Å². The lowest BCUT2D eigenvalue weighted by atomic mass is 10.3. The molecular formula is C17H17ClN4O3S. The van der Waals surface area contributed by atoms with Crippen LogP contribution in [-0.2, 0) is 16.0 Å². The fourth-order valence-corrected chi connectivity index (χ4v) is 3.00. The number of carbonyl (C=O) groups excluding carboxylic acids is 2. The predicted molar refractivity (Wildman–Crippen MR) is 101 cm³/mol. The minimum absolute atomic E-state index is 0.0466. The molecule has 0 saturated heterocycles. The number of nitrogens with zero attached hydrogens (tertiary/aromatic N) is 1. The van der Waals surface area contributed by atoms with Crippen LogP contribution in [0.3, 0.4) is 0 Å². The van der Waals surface area contributed by atoms with E-state index >= 15 is 0 Å². The van der Waals surface area contributed by atoms with Crippen molar-refractivity contribution in [3.63, 3.8) is 0 Å². The van der Waals surface area contributed by atoms with Crippen LogP contribution in [0.5, 0.6) is 0 Å². The molecule has 136 valence electrons. The molecule has 1 fully saturated rings. The molecule has 7 nitrogen and oxygen atoms in total. The highest BCUT2D eigenvalue weighted by molar-refractivity contribution is 7.99. The van der Waals surface area contributed by atoms with Crippen LogP contribution in [0.2, 0.25) is 5.02 Å². The normalized spacial score (nSPS) is 13.3. The van der Waals surface area contributed by atoms with Crippen molar-refractivity contribution in [2.45, 2.75) is 30.5 Å². The van der Waals surface area contributed by atoms with E-state index in [4.69, 9.17) is 11.6 Å². The van der Waals surface area contributed by atoms with E-state index in [1.54, 1.807) is 24.3 Å². The van der Waals surface area contributed by atoms with Crippen molar-refractivity contribution >= 4 is 40.9 Å². The van der Waals surface area contributed by atoms with E-state index in [9.17, 15) is 14.4 Å². The molecule has 2 amide bonds. The van der Waals surface area contributed by atoms with Crippen molar-refractivity contribution in [2.75, 3.05) is 11.1 Å². The number of halogens is 1. The first-order valence-corrected chi connectivity index (χ1v) is 9.42. The van der Waals surface area contributed by atoms with Crippen LogP contribution in [0.25, 0.3) is 0 Å². The molecule has 3 N–H and O–H groups in total. The van der Waals surface area contributed by atoms with Crippen molar-refractivity contribution in [3.8, 4) is 0 Å². The zero-order valence-electron chi connectivity index (χ0n) is 13.8. The average Bonchev–Trinajstić information content (AvgIpc) is 3.38. The second-order valence-electron chi connectivity index (χ2n) is 5.90. The number of hydrogen-bond acceptors (Lipinski definition) is 5. The highest BCUT2D eigenvalue weighted by Gasteiger charge is 2.23. The lowest BCUT2D eigenvalue weighted by molar-refractivity contribution is -0.120. The second-order valence-corrected chi connectivity index (χ2v) is 7.30. The molecule has 0 aliphatic heterocycles. The third kappa shape index (κ3) is 5.89. The fraction of sp³-hybridized carbons (Fsp3) is 0.294. The predicted octanol–water partition coefficient (Wildman–Crippen LogP) is 1.98. The van der Waals surface area contributed by atoms with Gasteiger partial charge in [-0.15, -0.1) is 0 Å². The van der Waals surface area contributed by atoms with Crippen molar-refractivity contribution < 1.29 is 9.59 Å². The minimum Gasteiger partial charge on any atom is -0.353 e. The Hall–Kier alpha value is -2.32. The first-order chi connectivity index (χ1) is 12.5. The Bertz CT molecular complexity index is 865. The molecule has 1 heterocycles. The SMILES string of the molecule is O=C(CSc1nc(CC(=O)NC2CC2)cc(=O)[nH]1)Nc1ccc(Cl)cc1. The summed E-state index contributed by atoms with van der Waals surface area (Å²) in [4.78, 5) is 42.4. The van der Waals surface area contributed by atoms with Gasteiger partial charge >= 0.3 is 0 Å². The van der Waals surface area contributed by atoms with Gasteiger partial charge in [-0.3, -0.25) is 14.4 Å². The molecule has 0 spiro atoms. The maximum Gasteiger partial charge on any atom is 0.251 e. The van der Waals surface area contributed by atoms with Gasteiger partial charge in [0, 0.05) is 22.8 Å². The molecule has 3 rings (SSSR count). The third-order valence-electron chi connectivity index (χ3n) is 3.53. The summed E-state index contributed by atoms with van der Waals surface area (Å²) in [6.07, 6.45) is 2.04. The Balaban J connectivity index is 1.54. The van der Waals surface area contributed by atoms with Crippen molar-refractivity contribution in [3.05, 3.63) is 51.4 Å². The second kappa shape index (κ2) is 8.37. The summed E-state index contributed by atoms with van der Waals surface area (Å²) in [5.74, 6) is -0.317. The van der Waals surface area contributed by atoms with E-state index in [0.717, 1.165) is 24.6 Å². The summed E-state index contributed by atoms with van der Waals surface area (Å²) in [7, 11) is 0. The van der Waals surface area contributed by atoms with Gasteiger partial charge in [-0.1, -0.05) is 23.4 Å². The maximum atomic E-state index is 12.0. The Kier molecular flexibility index (Phi) is 5.95. The molecule has 9 heteroatoms. The Labute approximate surface area is 158 Å². The summed E-state index contributed by atoms with van der Waals surface area (Å²) in [5, 5.41) is 6.47. The third-order valence-corrected chi connectivity index (χ3v) is 4.65. The largest absolute Gasteiger partial charge is 0.353 e. The van der Waals surface area contributed by atoms with Crippen LogP contribution in [0.15, 0.2) is 40.3 Å². The lowest BCUT2D eigenvalue weighted by Gasteiger charge is -2.06. The first-order valence-electron chi connectivity index (χ1n) is 8.06. The number of H-pyrrole nitrogens is 1. The van der Waals surface area contributed by atoms with Crippen LogP contribution in [0.1, 0.15) is 18.5 Å². The number of aromatic amines is 1. The van der Waals surface area contributed by atoms with E-state index in [1.807, 2.05) is 0 Å². The van der Waals surface area contributed by atoms with Crippen LogP contribution in [-0.4, -0.2) is 33.6 Å². The van der Waals surface area contributed by atoms with E-state index in [1.165, 1.54) is 6.07 Å². The van der Waals surface area contributed by atoms with E-state index in [2.05, 4.69) is 20.6 Å². The highest BCUT2D eigenvalue weighted by Crippen LogP contribution is 2.19. The molecule has 0 atom stereocenters. The standard InChI is InChI=1S/C17H17ClN4O3S/c18-10-1-3-11(4-2-10)20-16(25)9-26-17-21-13(8-15(24)22-17)7-14(23)19-12-5-6-12/h1-4,8,12H,5-7,9H2,(H,19,23)(H,20,25)(H,21,22,24). The number of rotatable bonds is 7. The van der Waals surface area contributed by atoms with Crippen LogP contribution < -0.4 is 16.2 Å². The number of amides is 2. The number of benzene rings is 1. The minimum atomic E-state index is -0.352. The molecule has 0 radical (unpaired) electrons. The Morgan fingerprint density at radius 1 is 1.23 bits per heavy atom. The van der Waals surface area contributed by atoms with Gasteiger partial charge in [-0.25, -0.2) is 4.98 Å². The molecule has 0 bridgehead atoms. The molecule has 1 aliphatic rings. The molecule has 1 aliphatic carbocycles. The summed E-state index contributed by atoms with van der Waals surface area (Å²) < 4.78 is 0. The van der Waals surface area contributed by atoms with Gasteiger partial charge in [0.2, 0.25) is 11.8 Å². The van der Waals surface area contributed by atoms with Gasteiger partial charge in [0.05, 0.1) is 17.9 Å². The van der Waals surface area contributed by atoms with Crippen LogP contribution >= 0.6 is 23.4 Å². The Morgan fingerprint density at radius 2 is 1.96 bits per heavy atom. The topological polar surface area (TPSA) is 104 Å². The average molecular weight is 393 g/mol. The Morgan fingerprint density at radius 3 is 2.65 bits per heavy atom. The van der Waals surface area contributed by atoms with Gasteiger partial charge in [-0.05, 0) is 37.1 Å². The number of thioether (sulfide) groups is 1. The van der Waals surface area contributed by atoms with E-state index in [0.29, 0.717) is 21.6 Å². The first kappa shape index (κ1) is 18.5.